The van der Waals surface area contributed by atoms with Crippen molar-refractivity contribution in [3.05, 3.63) is 29.3 Å². The first-order valence-corrected chi connectivity index (χ1v) is 7.51. The average Bonchev–Trinajstić information content (AvgIpc) is 2.52. The quantitative estimate of drug-likeness (QED) is 0.866. The number of piperidine rings is 1. The van der Waals surface area contributed by atoms with E-state index in [1.165, 1.54) is 19.2 Å². The standard InChI is InChI=1S/C16H18F3NO3/c1-22-14-3-2-9(6-13(14)16(17,18)19)15(21)10-4-11-7-23-8-12(5-10)20-11/h2-3,6,10-12,20H,4-5,7-8H2,1H3. The zero-order chi connectivity index (χ0) is 16.6. The van der Waals surface area contributed by atoms with Crippen LogP contribution in [0.3, 0.4) is 0 Å². The molecular weight excluding hydrogens is 311 g/mol. The summed E-state index contributed by atoms with van der Waals surface area (Å²) in [6.45, 7) is 1.08. The fourth-order valence-electron chi connectivity index (χ4n) is 3.37. The fourth-order valence-corrected chi connectivity index (χ4v) is 3.37. The van der Waals surface area contributed by atoms with E-state index in [1.807, 2.05) is 0 Å². The van der Waals surface area contributed by atoms with Gasteiger partial charge in [0.05, 0.1) is 25.9 Å². The van der Waals surface area contributed by atoms with Crippen LogP contribution in [-0.2, 0) is 10.9 Å². The third-order valence-electron chi connectivity index (χ3n) is 4.41. The maximum Gasteiger partial charge on any atom is 0.419 e. The number of methoxy groups -OCH3 is 1. The number of alkyl halides is 3. The Morgan fingerprint density at radius 3 is 2.48 bits per heavy atom. The molecule has 0 aliphatic carbocycles. The second-order valence-corrected chi connectivity index (χ2v) is 6.04. The minimum Gasteiger partial charge on any atom is -0.496 e. The van der Waals surface area contributed by atoms with E-state index in [1.54, 1.807) is 0 Å². The maximum atomic E-state index is 13.1. The number of hydrogen-bond acceptors (Lipinski definition) is 4. The molecule has 2 fully saturated rings. The smallest absolute Gasteiger partial charge is 0.419 e. The van der Waals surface area contributed by atoms with Crippen LogP contribution in [-0.4, -0.2) is 38.2 Å². The molecular formula is C16H18F3NO3. The van der Waals surface area contributed by atoms with E-state index in [2.05, 4.69) is 5.32 Å². The van der Waals surface area contributed by atoms with Gasteiger partial charge in [-0.1, -0.05) is 0 Å². The maximum absolute atomic E-state index is 13.1. The molecule has 0 spiro atoms. The molecule has 23 heavy (non-hydrogen) atoms. The van der Waals surface area contributed by atoms with E-state index < -0.39 is 11.7 Å². The van der Waals surface area contributed by atoms with E-state index in [0.29, 0.717) is 26.1 Å². The highest BCUT2D eigenvalue weighted by molar-refractivity contribution is 5.98. The number of Topliss-reactive ketones (excluding diaryl/α,β-unsaturated/α-hetero) is 1. The van der Waals surface area contributed by atoms with Gasteiger partial charge in [0.15, 0.2) is 5.78 Å². The van der Waals surface area contributed by atoms with Gasteiger partial charge >= 0.3 is 6.18 Å². The molecule has 2 unspecified atom stereocenters. The summed E-state index contributed by atoms with van der Waals surface area (Å²) in [7, 11) is 1.18. The summed E-state index contributed by atoms with van der Waals surface area (Å²) < 4.78 is 49.5. The number of carbonyl (C=O) groups excluding carboxylic acids is 1. The summed E-state index contributed by atoms with van der Waals surface area (Å²) in [6.07, 6.45) is -3.38. The lowest BCUT2D eigenvalue weighted by atomic mass is 9.82. The van der Waals surface area contributed by atoms with E-state index in [9.17, 15) is 18.0 Å². The second-order valence-electron chi connectivity index (χ2n) is 6.04. The molecule has 4 nitrogen and oxygen atoms in total. The summed E-state index contributed by atoms with van der Waals surface area (Å²) in [5.74, 6) is -0.786. The van der Waals surface area contributed by atoms with Crippen molar-refractivity contribution >= 4 is 5.78 Å². The summed E-state index contributed by atoms with van der Waals surface area (Å²) in [5.41, 5.74) is -0.827. The van der Waals surface area contributed by atoms with Crippen molar-refractivity contribution in [3.63, 3.8) is 0 Å². The van der Waals surface area contributed by atoms with Crippen molar-refractivity contribution in [2.45, 2.75) is 31.1 Å². The van der Waals surface area contributed by atoms with Crippen molar-refractivity contribution in [2.75, 3.05) is 20.3 Å². The average molecular weight is 329 g/mol. The molecule has 3 rings (SSSR count). The molecule has 2 atom stereocenters. The van der Waals surface area contributed by atoms with Crippen molar-refractivity contribution in [2.24, 2.45) is 5.92 Å². The minimum absolute atomic E-state index is 0.0871. The molecule has 1 aromatic carbocycles. The Hall–Kier alpha value is -1.60. The predicted molar refractivity (Wildman–Crippen MR) is 76.6 cm³/mol. The number of ether oxygens (including phenoxy) is 2. The van der Waals surface area contributed by atoms with Gasteiger partial charge < -0.3 is 14.8 Å². The van der Waals surface area contributed by atoms with Gasteiger partial charge in [0.25, 0.3) is 0 Å². The molecule has 0 amide bonds. The third kappa shape index (κ3) is 3.35. The lowest BCUT2D eigenvalue weighted by Crippen LogP contribution is -2.55. The van der Waals surface area contributed by atoms with Crippen LogP contribution in [0.5, 0.6) is 5.75 Å². The minimum atomic E-state index is -4.56. The number of benzene rings is 1. The number of halogens is 3. The van der Waals surface area contributed by atoms with Crippen molar-refractivity contribution in [1.82, 2.24) is 5.32 Å². The van der Waals surface area contributed by atoms with E-state index in [0.717, 1.165) is 6.07 Å². The monoisotopic (exact) mass is 329 g/mol. The number of carbonyl (C=O) groups is 1. The van der Waals surface area contributed by atoms with Crippen molar-refractivity contribution < 1.29 is 27.4 Å². The Labute approximate surface area is 132 Å². The van der Waals surface area contributed by atoms with Gasteiger partial charge in [-0.2, -0.15) is 13.2 Å². The molecule has 0 saturated carbocycles. The van der Waals surface area contributed by atoms with Crippen LogP contribution in [0.4, 0.5) is 13.2 Å². The van der Waals surface area contributed by atoms with Gasteiger partial charge in [-0.25, -0.2) is 0 Å². The van der Waals surface area contributed by atoms with Crippen LogP contribution in [0.2, 0.25) is 0 Å². The Balaban J connectivity index is 1.85. The Bertz CT molecular complexity index is 591. The van der Waals surface area contributed by atoms with Gasteiger partial charge in [-0.15, -0.1) is 0 Å². The van der Waals surface area contributed by atoms with E-state index in [-0.39, 0.29) is 35.1 Å². The number of ketones is 1. The largest absolute Gasteiger partial charge is 0.496 e. The van der Waals surface area contributed by atoms with Crippen LogP contribution in [0.15, 0.2) is 18.2 Å². The highest BCUT2D eigenvalue weighted by Gasteiger charge is 2.38. The van der Waals surface area contributed by atoms with Crippen LogP contribution in [0, 0.1) is 5.92 Å². The SMILES string of the molecule is COc1ccc(C(=O)C2CC3COCC(C2)N3)cc1C(F)(F)F. The van der Waals surface area contributed by atoms with Crippen LogP contribution >= 0.6 is 0 Å². The van der Waals surface area contributed by atoms with Crippen LogP contribution < -0.4 is 10.1 Å². The first-order valence-electron chi connectivity index (χ1n) is 7.51. The molecule has 2 aliphatic heterocycles. The van der Waals surface area contributed by atoms with Crippen molar-refractivity contribution in [3.8, 4) is 5.75 Å². The summed E-state index contributed by atoms with van der Waals surface area (Å²) in [6, 6.07) is 3.70. The van der Waals surface area contributed by atoms with Crippen molar-refractivity contribution in [1.29, 1.82) is 0 Å². The van der Waals surface area contributed by atoms with Gasteiger partial charge in [0, 0.05) is 23.6 Å². The van der Waals surface area contributed by atoms with E-state index >= 15 is 0 Å². The first kappa shape index (κ1) is 16.3. The third-order valence-corrected chi connectivity index (χ3v) is 4.41. The fraction of sp³-hybridized carbons (Fsp3) is 0.562. The Morgan fingerprint density at radius 1 is 1.26 bits per heavy atom. The Kier molecular flexibility index (Phi) is 4.33. The molecule has 2 bridgehead atoms. The van der Waals surface area contributed by atoms with Crippen LogP contribution in [0.25, 0.3) is 0 Å². The van der Waals surface area contributed by atoms with Gasteiger partial charge in [-0.05, 0) is 31.0 Å². The lowest BCUT2D eigenvalue weighted by Gasteiger charge is -2.39. The number of rotatable bonds is 3. The highest BCUT2D eigenvalue weighted by atomic mass is 19.4. The summed E-state index contributed by atoms with van der Waals surface area (Å²) >= 11 is 0. The number of nitrogens with one attached hydrogen (secondary N) is 1. The zero-order valence-corrected chi connectivity index (χ0v) is 12.7. The first-order chi connectivity index (χ1) is 10.9. The number of fused-ring (bicyclic) bond motifs is 2. The molecule has 126 valence electrons. The topological polar surface area (TPSA) is 47.6 Å². The van der Waals surface area contributed by atoms with Gasteiger partial charge in [0.1, 0.15) is 5.75 Å². The van der Waals surface area contributed by atoms with Crippen LogP contribution in [0.1, 0.15) is 28.8 Å². The van der Waals surface area contributed by atoms with E-state index in [4.69, 9.17) is 9.47 Å². The molecule has 1 N–H and O–H groups in total. The molecule has 1 aromatic rings. The lowest BCUT2D eigenvalue weighted by molar-refractivity contribution is -0.138. The van der Waals surface area contributed by atoms with Gasteiger partial charge in [0.2, 0.25) is 0 Å². The number of hydrogen-bond donors (Lipinski definition) is 1. The molecule has 2 aliphatic rings. The normalized spacial score (nSPS) is 27.6. The van der Waals surface area contributed by atoms with Gasteiger partial charge in [-0.3, -0.25) is 4.79 Å². The summed E-state index contributed by atoms with van der Waals surface area (Å²) in [5, 5.41) is 3.37. The second kappa shape index (κ2) is 6.13. The Morgan fingerprint density at radius 2 is 1.91 bits per heavy atom. The highest BCUT2D eigenvalue weighted by Crippen LogP contribution is 2.37. The zero-order valence-electron chi connectivity index (χ0n) is 12.7. The predicted octanol–water partition coefficient (Wildman–Crippen LogP) is 2.66. The summed E-state index contributed by atoms with van der Waals surface area (Å²) in [4.78, 5) is 12.6. The molecule has 7 heteroatoms. The molecule has 2 saturated heterocycles. The molecule has 0 aromatic heterocycles. The molecule has 2 heterocycles. The number of morpholine rings is 1. The molecule has 0 radical (unpaired) electrons.